The summed E-state index contributed by atoms with van der Waals surface area (Å²) in [7, 11) is 0. The molecule has 1 saturated heterocycles. The van der Waals surface area contributed by atoms with Gasteiger partial charge in [0.25, 0.3) is 0 Å². The Hall–Kier alpha value is -1.24. The minimum atomic E-state index is -5.29. The fourth-order valence-electron chi connectivity index (χ4n) is 1.87. The maximum absolute atomic E-state index is 12.8. The monoisotopic (exact) mass is 263 g/mol. The highest BCUT2D eigenvalue weighted by molar-refractivity contribution is 6.74. The second kappa shape index (κ2) is 5.18. The molecule has 1 heterocycles. The van der Waals surface area contributed by atoms with E-state index in [9.17, 15) is 17.3 Å². The average Bonchev–Trinajstić information content (AvgIpc) is 2.79. The zero-order valence-corrected chi connectivity index (χ0v) is 9.54. The van der Waals surface area contributed by atoms with Crippen LogP contribution in [0.3, 0.4) is 0 Å². The van der Waals surface area contributed by atoms with Gasteiger partial charge >= 0.3 is 6.98 Å². The largest absolute Gasteiger partial charge is 0.513 e. The minimum Gasteiger partial charge on any atom is -0.494 e. The van der Waals surface area contributed by atoms with Crippen LogP contribution in [0.1, 0.15) is 12.8 Å². The Morgan fingerprint density at radius 1 is 1.33 bits per heavy atom. The molecule has 1 aliphatic heterocycles. The number of ether oxygens (including phenoxy) is 2. The van der Waals surface area contributed by atoms with E-state index in [2.05, 4.69) is 0 Å². The van der Waals surface area contributed by atoms with Gasteiger partial charge in [-0.05, 0) is 31.0 Å². The molecule has 2 rings (SSSR count). The van der Waals surface area contributed by atoms with Crippen LogP contribution in [0.15, 0.2) is 18.2 Å². The fourth-order valence-corrected chi connectivity index (χ4v) is 1.87. The number of hydrogen-bond acceptors (Lipinski definition) is 2. The van der Waals surface area contributed by atoms with E-state index >= 15 is 0 Å². The first-order valence-electron chi connectivity index (χ1n) is 5.70. The summed E-state index contributed by atoms with van der Waals surface area (Å²) in [6.07, 6.45) is 1.48. The number of hydrogen-bond donors (Lipinski definition) is 0. The third kappa shape index (κ3) is 3.16. The van der Waals surface area contributed by atoms with Crippen molar-refractivity contribution in [1.29, 1.82) is 0 Å². The molecular formula is C11H12BF4O2-. The van der Waals surface area contributed by atoms with Crippen LogP contribution in [0, 0.1) is 5.82 Å². The molecule has 0 bridgehead atoms. The molecule has 0 amide bonds. The van der Waals surface area contributed by atoms with E-state index in [1.807, 2.05) is 0 Å². The smallest absolute Gasteiger partial charge is 0.494 e. The summed E-state index contributed by atoms with van der Waals surface area (Å²) in [5, 5.41) is 0. The van der Waals surface area contributed by atoms with Gasteiger partial charge in [0.1, 0.15) is 12.4 Å². The van der Waals surface area contributed by atoms with Gasteiger partial charge in [0.15, 0.2) is 0 Å². The summed E-state index contributed by atoms with van der Waals surface area (Å²) in [6, 6.07) is 2.43. The van der Waals surface area contributed by atoms with E-state index in [0.717, 1.165) is 25.0 Å². The Labute approximate surface area is 102 Å². The molecule has 1 aliphatic rings. The lowest BCUT2D eigenvalue weighted by Gasteiger charge is -2.21. The minimum absolute atomic E-state index is 0.0603. The van der Waals surface area contributed by atoms with E-state index in [1.54, 1.807) is 0 Å². The molecule has 1 aromatic carbocycles. The van der Waals surface area contributed by atoms with Crippen LogP contribution >= 0.6 is 0 Å². The van der Waals surface area contributed by atoms with Crippen LogP contribution in [0.4, 0.5) is 17.3 Å². The lowest BCUT2D eigenvalue weighted by molar-refractivity contribution is 0.0682. The van der Waals surface area contributed by atoms with Crippen molar-refractivity contribution in [3.63, 3.8) is 0 Å². The van der Waals surface area contributed by atoms with Gasteiger partial charge in [-0.2, -0.15) is 0 Å². The van der Waals surface area contributed by atoms with Crippen molar-refractivity contribution in [2.24, 2.45) is 0 Å². The van der Waals surface area contributed by atoms with E-state index in [4.69, 9.17) is 9.47 Å². The zero-order valence-electron chi connectivity index (χ0n) is 9.54. The van der Waals surface area contributed by atoms with Gasteiger partial charge in [-0.3, -0.25) is 0 Å². The van der Waals surface area contributed by atoms with Crippen molar-refractivity contribution < 1.29 is 26.8 Å². The summed E-state index contributed by atoms with van der Waals surface area (Å²) in [5.41, 5.74) is -1.03. The SMILES string of the molecule is Fc1ccc(OCC2CCCO2)c([B-](F)(F)F)c1. The van der Waals surface area contributed by atoms with Gasteiger partial charge in [0.05, 0.1) is 11.9 Å². The highest BCUT2D eigenvalue weighted by Gasteiger charge is 2.30. The lowest BCUT2D eigenvalue weighted by Crippen LogP contribution is -2.36. The van der Waals surface area contributed by atoms with Gasteiger partial charge in [-0.15, -0.1) is 0 Å². The van der Waals surface area contributed by atoms with Crippen LogP contribution in [0.25, 0.3) is 0 Å². The van der Waals surface area contributed by atoms with Crippen LogP contribution < -0.4 is 10.2 Å². The van der Waals surface area contributed by atoms with Gasteiger partial charge in [-0.1, -0.05) is 5.46 Å². The Kier molecular flexibility index (Phi) is 3.80. The van der Waals surface area contributed by atoms with Crippen molar-refractivity contribution in [2.75, 3.05) is 13.2 Å². The van der Waals surface area contributed by atoms with Crippen molar-refractivity contribution in [3.05, 3.63) is 24.0 Å². The second-order valence-corrected chi connectivity index (χ2v) is 4.20. The van der Waals surface area contributed by atoms with Crippen LogP contribution in [-0.4, -0.2) is 26.3 Å². The summed E-state index contributed by atoms with van der Waals surface area (Å²) in [4.78, 5) is 0. The van der Waals surface area contributed by atoms with E-state index in [-0.39, 0.29) is 18.5 Å². The molecule has 18 heavy (non-hydrogen) atoms. The molecule has 0 N–H and O–H groups in total. The Morgan fingerprint density at radius 3 is 2.72 bits per heavy atom. The quantitative estimate of drug-likeness (QED) is 0.613. The molecule has 100 valence electrons. The summed E-state index contributed by atoms with van der Waals surface area (Å²) >= 11 is 0. The van der Waals surface area contributed by atoms with Crippen molar-refractivity contribution in [1.82, 2.24) is 0 Å². The summed E-state index contributed by atoms with van der Waals surface area (Å²) in [5.74, 6) is -1.26. The topological polar surface area (TPSA) is 18.5 Å². The molecule has 0 aliphatic carbocycles. The van der Waals surface area contributed by atoms with Crippen molar-refractivity contribution in [3.8, 4) is 5.75 Å². The lowest BCUT2D eigenvalue weighted by atomic mass is 9.79. The highest BCUT2D eigenvalue weighted by atomic mass is 19.4. The summed E-state index contributed by atoms with van der Waals surface area (Å²) in [6.45, 7) is -4.62. The molecule has 0 radical (unpaired) electrons. The normalized spacial score (nSPS) is 20.1. The molecular weight excluding hydrogens is 251 g/mol. The maximum Gasteiger partial charge on any atom is 0.513 e. The van der Waals surface area contributed by atoms with E-state index in [0.29, 0.717) is 12.7 Å². The highest BCUT2D eigenvalue weighted by Crippen LogP contribution is 2.20. The fraction of sp³-hybridized carbons (Fsp3) is 0.455. The maximum atomic E-state index is 12.8. The van der Waals surface area contributed by atoms with Gasteiger partial charge < -0.3 is 22.4 Å². The Morgan fingerprint density at radius 2 is 2.11 bits per heavy atom. The third-order valence-electron chi connectivity index (χ3n) is 2.77. The van der Waals surface area contributed by atoms with E-state index < -0.39 is 18.3 Å². The van der Waals surface area contributed by atoms with Gasteiger partial charge in [0.2, 0.25) is 0 Å². The molecule has 1 aromatic rings. The summed E-state index contributed by atoms with van der Waals surface area (Å²) < 4.78 is 61.3. The average molecular weight is 263 g/mol. The van der Waals surface area contributed by atoms with E-state index in [1.165, 1.54) is 0 Å². The number of benzene rings is 1. The van der Waals surface area contributed by atoms with Crippen molar-refractivity contribution in [2.45, 2.75) is 18.9 Å². The number of rotatable bonds is 4. The molecule has 1 fully saturated rings. The molecule has 7 heteroatoms. The molecule has 1 atom stereocenters. The van der Waals surface area contributed by atoms with Gasteiger partial charge in [0, 0.05) is 6.61 Å². The molecule has 0 spiro atoms. The zero-order chi connectivity index (χ0) is 13.2. The Balaban J connectivity index is 2.11. The van der Waals surface area contributed by atoms with Crippen LogP contribution in [0.2, 0.25) is 0 Å². The Bertz CT molecular complexity index is 416. The standard InChI is InChI=1S/C11H12BF4O2/c13-8-3-4-11(10(6-8)12(14,15)16)18-7-9-2-1-5-17-9/h3-4,6,9H,1-2,5,7H2/q-1. The predicted octanol–water partition coefficient (Wildman–Crippen LogP) is 2.44. The first-order chi connectivity index (χ1) is 8.47. The molecule has 0 saturated carbocycles. The van der Waals surface area contributed by atoms with Crippen LogP contribution in [-0.2, 0) is 4.74 Å². The first-order valence-corrected chi connectivity index (χ1v) is 5.70. The van der Waals surface area contributed by atoms with Crippen molar-refractivity contribution >= 4 is 12.4 Å². The first kappa shape index (κ1) is 13.2. The molecule has 1 unspecified atom stereocenters. The van der Waals surface area contributed by atoms with Crippen LogP contribution in [0.5, 0.6) is 5.75 Å². The molecule has 0 aromatic heterocycles. The van der Waals surface area contributed by atoms with Gasteiger partial charge in [-0.25, -0.2) is 4.39 Å². The number of halogens is 4. The third-order valence-corrected chi connectivity index (χ3v) is 2.77. The second-order valence-electron chi connectivity index (χ2n) is 4.20. The predicted molar refractivity (Wildman–Crippen MR) is 59.6 cm³/mol. The molecule has 2 nitrogen and oxygen atoms in total.